The first kappa shape index (κ1) is 26.7. The van der Waals surface area contributed by atoms with Gasteiger partial charge in [0.25, 0.3) is 0 Å². The molecule has 2 heterocycles. The second-order valence-corrected chi connectivity index (χ2v) is 11.3. The lowest BCUT2D eigenvalue weighted by atomic mass is 9.83. The highest BCUT2D eigenvalue weighted by atomic mass is 32.2. The molecule has 0 spiro atoms. The Hall–Kier alpha value is -2.89. The van der Waals surface area contributed by atoms with Crippen molar-refractivity contribution in [1.29, 1.82) is 0 Å². The standard InChI is InChI=1S/C23H28F3N3O5S/c1-21(2,3)33-20(30)29-13-11-16-17(12-14-29)27-19(22(4,5)15-9-7-6-8-10-15)28-18(16)34-35(31,32)23(24,25)26/h6-10H,11-14H2,1-5H3. The lowest BCUT2D eigenvalue weighted by Crippen LogP contribution is -2.38. The Morgan fingerprint density at radius 1 is 0.971 bits per heavy atom. The molecule has 1 aromatic carbocycles. The molecule has 192 valence electrons. The molecule has 0 saturated carbocycles. The molecular formula is C23H28F3N3O5S. The summed E-state index contributed by atoms with van der Waals surface area (Å²) in [5.74, 6) is -0.585. The quantitative estimate of drug-likeness (QED) is 0.441. The zero-order valence-corrected chi connectivity index (χ0v) is 21.0. The number of hydrogen-bond donors (Lipinski definition) is 0. The monoisotopic (exact) mass is 515 g/mol. The maximum absolute atomic E-state index is 13.1. The van der Waals surface area contributed by atoms with E-state index in [2.05, 4.69) is 14.2 Å². The van der Waals surface area contributed by atoms with E-state index in [1.54, 1.807) is 46.8 Å². The van der Waals surface area contributed by atoms with Gasteiger partial charge in [-0.15, -0.1) is 0 Å². The van der Waals surface area contributed by atoms with Crippen LogP contribution in [-0.4, -0.2) is 53.6 Å². The van der Waals surface area contributed by atoms with Crippen LogP contribution in [0.5, 0.6) is 5.88 Å². The van der Waals surface area contributed by atoms with E-state index < -0.39 is 38.6 Å². The van der Waals surface area contributed by atoms with Crippen molar-refractivity contribution in [1.82, 2.24) is 14.9 Å². The van der Waals surface area contributed by atoms with Crippen molar-refractivity contribution in [2.75, 3.05) is 13.1 Å². The predicted octanol–water partition coefficient (Wildman–Crippen LogP) is 4.37. The number of carbonyl (C=O) groups excluding carboxylic acids is 1. The average Bonchev–Trinajstić information content (AvgIpc) is 2.95. The van der Waals surface area contributed by atoms with E-state index in [0.717, 1.165) is 5.56 Å². The molecule has 35 heavy (non-hydrogen) atoms. The minimum absolute atomic E-state index is 0.0106. The van der Waals surface area contributed by atoms with Crippen LogP contribution in [0.25, 0.3) is 0 Å². The summed E-state index contributed by atoms with van der Waals surface area (Å²) in [5, 5.41) is 0. The molecule has 1 aromatic heterocycles. The number of ether oxygens (including phenoxy) is 1. The van der Waals surface area contributed by atoms with E-state index in [-0.39, 0.29) is 37.3 Å². The van der Waals surface area contributed by atoms with Gasteiger partial charge in [0.15, 0.2) is 0 Å². The van der Waals surface area contributed by atoms with Gasteiger partial charge in [-0.05, 0) is 46.6 Å². The van der Waals surface area contributed by atoms with Crippen LogP contribution < -0.4 is 4.18 Å². The van der Waals surface area contributed by atoms with Gasteiger partial charge >= 0.3 is 21.7 Å². The topological polar surface area (TPSA) is 98.7 Å². The van der Waals surface area contributed by atoms with Crippen LogP contribution in [0.2, 0.25) is 0 Å². The molecule has 0 radical (unpaired) electrons. The second-order valence-electron chi connectivity index (χ2n) is 9.72. The van der Waals surface area contributed by atoms with E-state index in [4.69, 9.17) is 4.74 Å². The van der Waals surface area contributed by atoms with Crippen molar-refractivity contribution in [3.8, 4) is 5.88 Å². The maximum Gasteiger partial charge on any atom is 0.534 e. The molecular weight excluding hydrogens is 487 g/mol. The number of aromatic nitrogens is 2. The van der Waals surface area contributed by atoms with Gasteiger partial charge in [-0.25, -0.2) is 9.78 Å². The van der Waals surface area contributed by atoms with Gasteiger partial charge in [-0.2, -0.15) is 26.6 Å². The van der Waals surface area contributed by atoms with Crippen LogP contribution in [-0.2, 0) is 33.1 Å². The van der Waals surface area contributed by atoms with Crippen molar-refractivity contribution in [3.63, 3.8) is 0 Å². The number of amides is 1. The Bertz CT molecular complexity index is 1190. The average molecular weight is 516 g/mol. The summed E-state index contributed by atoms with van der Waals surface area (Å²) in [7, 11) is -5.97. The number of benzene rings is 1. The molecule has 0 aliphatic carbocycles. The van der Waals surface area contributed by atoms with Crippen LogP contribution in [0.15, 0.2) is 30.3 Å². The number of carbonyl (C=O) groups is 1. The highest BCUT2D eigenvalue weighted by Gasteiger charge is 2.49. The molecule has 1 aliphatic heterocycles. The largest absolute Gasteiger partial charge is 0.534 e. The molecule has 0 unspecified atom stereocenters. The Kier molecular flexibility index (Phi) is 7.09. The summed E-state index contributed by atoms with van der Waals surface area (Å²) in [6, 6.07) is 9.03. The van der Waals surface area contributed by atoms with Gasteiger partial charge in [-0.3, -0.25) is 0 Å². The fourth-order valence-electron chi connectivity index (χ4n) is 3.56. The maximum atomic E-state index is 13.1. The first-order valence-corrected chi connectivity index (χ1v) is 12.4. The van der Waals surface area contributed by atoms with Crippen molar-refractivity contribution >= 4 is 16.2 Å². The first-order chi connectivity index (χ1) is 16.0. The fourth-order valence-corrected chi connectivity index (χ4v) is 4.00. The van der Waals surface area contributed by atoms with Crippen LogP contribution in [0.4, 0.5) is 18.0 Å². The van der Waals surface area contributed by atoms with Crippen LogP contribution in [0.3, 0.4) is 0 Å². The van der Waals surface area contributed by atoms with Gasteiger partial charge in [0, 0.05) is 30.5 Å². The van der Waals surface area contributed by atoms with Crippen molar-refractivity contribution in [3.05, 3.63) is 53.0 Å². The molecule has 0 saturated heterocycles. The van der Waals surface area contributed by atoms with Gasteiger partial charge in [0.05, 0.1) is 5.69 Å². The molecule has 1 amide bonds. The SMILES string of the molecule is CC(C)(C)OC(=O)N1CCc2nc(C(C)(C)c3ccccc3)nc(OS(=O)(=O)C(F)(F)F)c2CC1. The van der Waals surface area contributed by atoms with Gasteiger partial charge in [0.1, 0.15) is 11.4 Å². The molecule has 0 bridgehead atoms. The lowest BCUT2D eigenvalue weighted by Gasteiger charge is -2.26. The van der Waals surface area contributed by atoms with E-state index >= 15 is 0 Å². The van der Waals surface area contributed by atoms with Crippen molar-refractivity contribution < 1.29 is 35.3 Å². The van der Waals surface area contributed by atoms with Crippen LogP contribution in [0, 0.1) is 0 Å². The molecule has 2 aromatic rings. The van der Waals surface area contributed by atoms with E-state index in [1.165, 1.54) is 4.90 Å². The summed E-state index contributed by atoms with van der Waals surface area (Å²) in [4.78, 5) is 22.7. The summed E-state index contributed by atoms with van der Waals surface area (Å²) in [6.45, 7) is 8.94. The van der Waals surface area contributed by atoms with Crippen molar-refractivity contribution in [2.24, 2.45) is 0 Å². The number of hydrogen-bond acceptors (Lipinski definition) is 7. The van der Waals surface area contributed by atoms with Crippen LogP contribution >= 0.6 is 0 Å². The third-order valence-corrected chi connectivity index (χ3v) is 6.43. The highest BCUT2D eigenvalue weighted by molar-refractivity contribution is 7.87. The fraction of sp³-hybridized carbons (Fsp3) is 0.522. The molecule has 0 atom stereocenters. The van der Waals surface area contributed by atoms with Gasteiger partial charge in [-0.1, -0.05) is 30.3 Å². The predicted molar refractivity (Wildman–Crippen MR) is 121 cm³/mol. The highest BCUT2D eigenvalue weighted by Crippen LogP contribution is 2.35. The minimum Gasteiger partial charge on any atom is -0.444 e. The minimum atomic E-state index is -5.97. The molecule has 8 nitrogen and oxygen atoms in total. The van der Waals surface area contributed by atoms with Crippen molar-refractivity contribution in [2.45, 2.75) is 64.0 Å². The van der Waals surface area contributed by atoms with Gasteiger partial charge in [0.2, 0.25) is 5.88 Å². The normalized spacial score (nSPS) is 15.3. The number of halogens is 3. The Balaban J connectivity index is 2.07. The lowest BCUT2D eigenvalue weighted by molar-refractivity contribution is -0.0501. The number of nitrogens with zero attached hydrogens (tertiary/aromatic N) is 3. The number of rotatable bonds is 4. The van der Waals surface area contributed by atoms with E-state index in [1.807, 2.05) is 18.2 Å². The van der Waals surface area contributed by atoms with Gasteiger partial charge < -0.3 is 13.8 Å². The number of alkyl halides is 3. The molecule has 12 heteroatoms. The Morgan fingerprint density at radius 3 is 2.14 bits per heavy atom. The second kappa shape index (κ2) is 9.29. The summed E-state index contributed by atoms with van der Waals surface area (Å²) >= 11 is 0. The number of fused-ring (bicyclic) bond motifs is 1. The Labute approximate surface area is 202 Å². The van der Waals surface area contributed by atoms with E-state index in [9.17, 15) is 26.4 Å². The molecule has 1 aliphatic rings. The molecule has 0 fully saturated rings. The summed E-state index contributed by atoms with van der Waals surface area (Å²) in [5.41, 5.74) is -6.05. The molecule has 3 rings (SSSR count). The van der Waals surface area contributed by atoms with Crippen LogP contribution in [0.1, 0.15) is 57.3 Å². The smallest absolute Gasteiger partial charge is 0.444 e. The zero-order chi connectivity index (χ0) is 26.2. The third-order valence-electron chi connectivity index (χ3n) is 5.48. The Morgan fingerprint density at radius 2 is 1.57 bits per heavy atom. The third kappa shape index (κ3) is 6.03. The zero-order valence-electron chi connectivity index (χ0n) is 20.1. The summed E-state index contributed by atoms with van der Waals surface area (Å²) in [6.07, 6.45) is -0.450. The van der Waals surface area contributed by atoms with E-state index in [0.29, 0.717) is 5.69 Å². The summed E-state index contributed by atoms with van der Waals surface area (Å²) < 4.78 is 73.0. The first-order valence-electron chi connectivity index (χ1n) is 11.0. The molecule has 0 N–H and O–H groups in total.